The molecular weight excluding hydrogens is 272 g/mol. The maximum atomic E-state index is 12.9. The molecule has 0 aliphatic heterocycles. The Kier molecular flexibility index (Phi) is 3.42. The number of hydrogen-bond acceptors (Lipinski definition) is 2. The Morgan fingerprint density at radius 2 is 2.25 bits per heavy atom. The third-order valence-electron chi connectivity index (χ3n) is 1.58. The van der Waals surface area contributed by atoms with Crippen LogP contribution in [-0.4, -0.2) is 11.7 Å². The summed E-state index contributed by atoms with van der Waals surface area (Å²) in [6.45, 7) is -0.167. The topological polar surface area (TPSA) is 46.2 Å². The van der Waals surface area contributed by atoms with Gasteiger partial charge in [-0.25, -0.2) is 4.39 Å². The lowest BCUT2D eigenvalue weighted by Crippen LogP contribution is -2.16. The number of halogens is 2. The standard InChI is InChI=1S/C8H9FINO/c9-6-3-1-2-5(8(6)10)7(11)4-12/h1-3,7,12H,4,11H2/t7-/m0/s1. The van der Waals surface area contributed by atoms with Gasteiger partial charge in [0.25, 0.3) is 0 Å². The predicted octanol–water partition coefficient (Wildman–Crippen LogP) is 1.42. The highest BCUT2D eigenvalue weighted by Gasteiger charge is 2.10. The summed E-state index contributed by atoms with van der Waals surface area (Å²) < 4.78 is 13.4. The monoisotopic (exact) mass is 281 g/mol. The Morgan fingerprint density at radius 1 is 1.58 bits per heavy atom. The fourth-order valence-electron chi connectivity index (χ4n) is 0.905. The third kappa shape index (κ3) is 1.94. The van der Waals surface area contributed by atoms with Crippen molar-refractivity contribution < 1.29 is 9.50 Å². The second-order valence-electron chi connectivity index (χ2n) is 2.43. The van der Waals surface area contributed by atoms with Gasteiger partial charge in [-0.05, 0) is 34.2 Å². The van der Waals surface area contributed by atoms with Crippen molar-refractivity contribution in [1.29, 1.82) is 0 Å². The van der Waals surface area contributed by atoms with Gasteiger partial charge < -0.3 is 10.8 Å². The fraction of sp³-hybridized carbons (Fsp3) is 0.250. The maximum absolute atomic E-state index is 12.9. The van der Waals surface area contributed by atoms with Gasteiger partial charge in [-0.2, -0.15) is 0 Å². The first-order valence-electron chi connectivity index (χ1n) is 3.47. The van der Waals surface area contributed by atoms with Gasteiger partial charge in [-0.3, -0.25) is 0 Å². The van der Waals surface area contributed by atoms with E-state index in [0.29, 0.717) is 9.13 Å². The average Bonchev–Trinajstić information content (AvgIpc) is 2.08. The molecule has 1 rings (SSSR count). The van der Waals surface area contributed by atoms with Gasteiger partial charge in [-0.1, -0.05) is 12.1 Å². The summed E-state index contributed by atoms with van der Waals surface area (Å²) in [5.41, 5.74) is 6.19. The zero-order chi connectivity index (χ0) is 9.14. The number of aliphatic hydroxyl groups excluding tert-OH is 1. The highest BCUT2D eigenvalue weighted by molar-refractivity contribution is 14.1. The molecule has 4 heteroatoms. The SMILES string of the molecule is N[C@@H](CO)c1cccc(F)c1I. The molecule has 3 N–H and O–H groups in total. The predicted molar refractivity (Wildman–Crippen MR) is 53.1 cm³/mol. The van der Waals surface area contributed by atoms with Gasteiger partial charge in [0, 0.05) is 0 Å². The van der Waals surface area contributed by atoms with Crippen molar-refractivity contribution in [2.75, 3.05) is 6.61 Å². The number of rotatable bonds is 2. The van der Waals surface area contributed by atoms with E-state index in [9.17, 15) is 4.39 Å². The minimum atomic E-state index is -0.493. The second-order valence-corrected chi connectivity index (χ2v) is 3.51. The van der Waals surface area contributed by atoms with E-state index in [0.717, 1.165) is 0 Å². The first kappa shape index (κ1) is 9.88. The van der Waals surface area contributed by atoms with Crippen molar-refractivity contribution in [3.8, 4) is 0 Å². The van der Waals surface area contributed by atoms with Crippen LogP contribution in [0.2, 0.25) is 0 Å². The largest absolute Gasteiger partial charge is 0.394 e. The van der Waals surface area contributed by atoms with Crippen LogP contribution >= 0.6 is 22.6 Å². The molecular formula is C8H9FINO. The molecule has 2 nitrogen and oxygen atoms in total. The molecule has 1 atom stereocenters. The Bertz CT molecular complexity index is 280. The quantitative estimate of drug-likeness (QED) is 0.805. The normalized spacial score (nSPS) is 13.0. The summed E-state index contributed by atoms with van der Waals surface area (Å²) in [4.78, 5) is 0. The zero-order valence-corrected chi connectivity index (χ0v) is 8.45. The Labute approximate surface area is 83.7 Å². The molecule has 1 aromatic rings. The Balaban J connectivity index is 3.07. The summed E-state index contributed by atoms with van der Waals surface area (Å²) in [5.74, 6) is -0.294. The van der Waals surface area contributed by atoms with Crippen LogP contribution in [0, 0.1) is 9.39 Å². The van der Waals surface area contributed by atoms with E-state index in [2.05, 4.69) is 0 Å². The molecule has 0 saturated carbocycles. The van der Waals surface area contributed by atoms with Crippen molar-refractivity contribution in [1.82, 2.24) is 0 Å². The van der Waals surface area contributed by atoms with Gasteiger partial charge in [0.2, 0.25) is 0 Å². The van der Waals surface area contributed by atoms with Crippen LogP contribution in [0.25, 0.3) is 0 Å². The molecule has 0 aliphatic rings. The maximum Gasteiger partial charge on any atom is 0.136 e. The van der Waals surface area contributed by atoms with Gasteiger partial charge in [-0.15, -0.1) is 0 Å². The minimum absolute atomic E-state index is 0.167. The molecule has 12 heavy (non-hydrogen) atoms. The first-order valence-corrected chi connectivity index (χ1v) is 4.55. The van der Waals surface area contributed by atoms with E-state index in [4.69, 9.17) is 10.8 Å². The fourth-order valence-corrected chi connectivity index (χ4v) is 1.66. The molecule has 1 aromatic carbocycles. The summed E-state index contributed by atoms with van der Waals surface area (Å²) in [6.07, 6.45) is 0. The molecule has 0 bridgehead atoms. The summed E-state index contributed by atoms with van der Waals surface area (Å²) in [6, 6.07) is 4.18. The van der Waals surface area contributed by atoms with Crippen LogP contribution in [0.15, 0.2) is 18.2 Å². The van der Waals surface area contributed by atoms with E-state index in [-0.39, 0.29) is 12.4 Å². The molecule has 0 heterocycles. The molecule has 0 amide bonds. The van der Waals surface area contributed by atoms with Gasteiger partial charge in [0.05, 0.1) is 16.2 Å². The smallest absolute Gasteiger partial charge is 0.136 e. The Hall–Kier alpha value is -0.200. The molecule has 0 aliphatic carbocycles. The molecule has 0 saturated heterocycles. The van der Waals surface area contributed by atoms with Crippen LogP contribution < -0.4 is 5.73 Å². The van der Waals surface area contributed by atoms with E-state index in [1.54, 1.807) is 12.1 Å². The van der Waals surface area contributed by atoms with Crippen molar-refractivity contribution in [2.24, 2.45) is 5.73 Å². The molecule has 0 radical (unpaired) electrons. The average molecular weight is 281 g/mol. The summed E-state index contributed by atoms with van der Waals surface area (Å²) >= 11 is 1.88. The zero-order valence-electron chi connectivity index (χ0n) is 6.30. The lowest BCUT2D eigenvalue weighted by atomic mass is 10.1. The van der Waals surface area contributed by atoms with Crippen molar-refractivity contribution in [2.45, 2.75) is 6.04 Å². The summed E-state index contributed by atoms with van der Waals surface area (Å²) in [7, 11) is 0. The van der Waals surface area contributed by atoms with Crippen LogP contribution in [0.5, 0.6) is 0 Å². The highest BCUT2D eigenvalue weighted by atomic mass is 127. The first-order chi connectivity index (χ1) is 5.66. The van der Waals surface area contributed by atoms with E-state index >= 15 is 0 Å². The Morgan fingerprint density at radius 3 is 2.83 bits per heavy atom. The molecule has 0 spiro atoms. The van der Waals surface area contributed by atoms with Gasteiger partial charge in [0.15, 0.2) is 0 Å². The molecule has 0 fully saturated rings. The van der Waals surface area contributed by atoms with Gasteiger partial charge in [0.1, 0.15) is 5.82 Å². The van der Waals surface area contributed by atoms with Crippen molar-refractivity contribution in [3.63, 3.8) is 0 Å². The van der Waals surface area contributed by atoms with Crippen molar-refractivity contribution >= 4 is 22.6 Å². The van der Waals surface area contributed by atoms with E-state index in [1.165, 1.54) is 6.07 Å². The highest BCUT2D eigenvalue weighted by Crippen LogP contribution is 2.20. The number of nitrogens with two attached hydrogens (primary N) is 1. The van der Waals surface area contributed by atoms with Crippen LogP contribution in [0.1, 0.15) is 11.6 Å². The van der Waals surface area contributed by atoms with E-state index in [1.807, 2.05) is 22.6 Å². The van der Waals surface area contributed by atoms with Crippen LogP contribution in [-0.2, 0) is 0 Å². The molecule has 0 aromatic heterocycles. The number of aliphatic hydroxyl groups is 1. The lowest BCUT2D eigenvalue weighted by molar-refractivity contribution is 0.267. The number of benzene rings is 1. The lowest BCUT2D eigenvalue weighted by Gasteiger charge is -2.10. The second kappa shape index (κ2) is 4.15. The van der Waals surface area contributed by atoms with E-state index < -0.39 is 6.04 Å². The molecule has 66 valence electrons. The minimum Gasteiger partial charge on any atom is -0.394 e. The summed E-state index contributed by atoms with van der Waals surface area (Å²) in [5, 5.41) is 8.75. The third-order valence-corrected chi connectivity index (χ3v) is 2.72. The number of hydrogen-bond donors (Lipinski definition) is 2. The van der Waals surface area contributed by atoms with Crippen LogP contribution in [0.4, 0.5) is 4.39 Å². The van der Waals surface area contributed by atoms with Crippen molar-refractivity contribution in [3.05, 3.63) is 33.1 Å². The van der Waals surface area contributed by atoms with Gasteiger partial charge >= 0.3 is 0 Å². The molecule has 0 unspecified atom stereocenters. The van der Waals surface area contributed by atoms with Crippen LogP contribution in [0.3, 0.4) is 0 Å².